The van der Waals surface area contributed by atoms with E-state index in [1.54, 1.807) is 37.8 Å². The minimum Gasteiger partial charge on any atom is -0.348 e. The van der Waals surface area contributed by atoms with Crippen LogP contribution in [0, 0.1) is 11.7 Å². The molecule has 5 rings (SSSR count). The lowest BCUT2D eigenvalue weighted by atomic mass is 9.93. The minimum atomic E-state index is -1.11. The largest absolute Gasteiger partial charge is 0.348 e. The quantitative estimate of drug-likeness (QED) is 0.447. The fourth-order valence-corrected chi connectivity index (χ4v) is 4.35. The maximum Gasteiger partial charge on any atom is 0.231 e. The molecule has 3 unspecified atom stereocenters. The summed E-state index contributed by atoms with van der Waals surface area (Å²) in [5, 5.41) is 9.73. The van der Waals surface area contributed by atoms with Gasteiger partial charge in [0, 0.05) is 36.8 Å². The van der Waals surface area contributed by atoms with Crippen molar-refractivity contribution >= 4 is 45.8 Å². The number of halogens is 3. The Morgan fingerprint density at radius 2 is 2.06 bits per heavy atom. The van der Waals surface area contributed by atoms with Gasteiger partial charge in [-0.15, -0.1) is 0 Å². The van der Waals surface area contributed by atoms with Gasteiger partial charge in [0.2, 0.25) is 11.8 Å². The molecule has 176 valence electrons. The summed E-state index contributed by atoms with van der Waals surface area (Å²) in [6.07, 6.45) is 5.20. The van der Waals surface area contributed by atoms with Gasteiger partial charge in [-0.25, -0.2) is 13.8 Å². The third-order valence-electron chi connectivity index (χ3n) is 5.97. The zero-order valence-corrected chi connectivity index (χ0v) is 19.2. The van der Waals surface area contributed by atoms with Gasteiger partial charge in [0.15, 0.2) is 11.5 Å². The topological polar surface area (TPSA) is 108 Å². The number of benzene rings is 1. The van der Waals surface area contributed by atoms with Gasteiger partial charge in [-0.05, 0) is 13.3 Å². The molecule has 3 atom stereocenters. The van der Waals surface area contributed by atoms with Crippen molar-refractivity contribution in [2.24, 2.45) is 5.92 Å². The number of rotatable bonds is 5. The summed E-state index contributed by atoms with van der Waals surface area (Å²) in [7, 11) is 3.19. The summed E-state index contributed by atoms with van der Waals surface area (Å²) in [6.45, 7) is 1.61. The normalized spacial score (nSPS) is 18.3. The maximum absolute atomic E-state index is 15.5. The predicted molar refractivity (Wildman–Crippen MR) is 122 cm³/mol. The smallest absolute Gasteiger partial charge is 0.231 e. The first-order valence-corrected chi connectivity index (χ1v) is 10.9. The number of anilines is 1. The van der Waals surface area contributed by atoms with Gasteiger partial charge in [-0.2, -0.15) is 5.10 Å². The van der Waals surface area contributed by atoms with E-state index in [-0.39, 0.29) is 28.7 Å². The van der Waals surface area contributed by atoms with Gasteiger partial charge < -0.3 is 14.6 Å². The van der Waals surface area contributed by atoms with Crippen molar-refractivity contribution in [2.75, 3.05) is 19.4 Å². The number of imidazole rings is 1. The van der Waals surface area contributed by atoms with Crippen LogP contribution in [0.25, 0.3) is 27.8 Å². The number of fused-ring (bicyclic) bond motifs is 2. The summed E-state index contributed by atoms with van der Waals surface area (Å²) in [5.74, 6) is -2.63. The van der Waals surface area contributed by atoms with Crippen molar-refractivity contribution in [2.45, 2.75) is 25.4 Å². The van der Waals surface area contributed by atoms with Crippen molar-refractivity contribution in [3.05, 3.63) is 41.2 Å². The van der Waals surface area contributed by atoms with Crippen LogP contribution in [0.5, 0.6) is 0 Å². The molecule has 1 saturated carbocycles. The molecule has 4 aromatic rings. The molecule has 0 radical (unpaired) electrons. The molecule has 0 saturated heterocycles. The molecule has 2 N–H and O–H groups in total. The lowest BCUT2D eigenvalue weighted by Gasteiger charge is -2.20. The van der Waals surface area contributed by atoms with Crippen molar-refractivity contribution in [3.8, 4) is 11.3 Å². The number of carbonyl (C=O) groups is 2. The number of hydrogen-bond donors (Lipinski definition) is 2. The molecule has 3 aromatic heterocycles. The monoisotopic (exact) mass is 487 g/mol. The second kappa shape index (κ2) is 8.01. The van der Waals surface area contributed by atoms with Crippen LogP contribution in [-0.2, 0) is 9.59 Å². The molecule has 12 heteroatoms. The van der Waals surface area contributed by atoms with Crippen LogP contribution < -0.4 is 5.32 Å². The molecule has 1 aliphatic rings. The molecular formula is C22H20ClF2N7O2. The molecular weight excluding hydrogens is 468 g/mol. The maximum atomic E-state index is 15.5. The van der Waals surface area contributed by atoms with Crippen LogP contribution >= 0.6 is 11.6 Å². The number of aromatic nitrogens is 5. The molecule has 3 heterocycles. The van der Waals surface area contributed by atoms with Crippen LogP contribution in [0.2, 0.25) is 5.02 Å². The average Bonchev–Trinajstić information content (AvgIpc) is 3.17. The van der Waals surface area contributed by atoms with E-state index in [2.05, 4.69) is 25.5 Å². The Bertz CT molecular complexity index is 1460. The number of nitrogens with zero attached hydrogens (tertiary/aromatic N) is 5. The summed E-state index contributed by atoms with van der Waals surface area (Å²) in [4.78, 5) is 34.6. The number of H-pyrrole nitrogens is 1. The molecule has 2 amide bonds. The van der Waals surface area contributed by atoms with E-state index in [9.17, 15) is 14.0 Å². The first-order valence-electron chi connectivity index (χ1n) is 10.5. The Hall–Kier alpha value is -3.60. The molecule has 1 aliphatic carbocycles. The van der Waals surface area contributed by atoms with Gasteiger partial charge >= 0.3 is 0 Å². The van der Waals surface area contributed by atoms with Gasteiger partial charge in [0.25, 0.3) is 0 Å². The number of likely N-dealkylation sites (N-methyl/N-ethyl adjacent to an activating group) is 1. The number of aromatic amines is 1. The van der Waals surface area contributed by atoms with Gasteiger partial charge in [0.1, 0.15) is 12.0 Å². The van der Waals surface area contributed by atoms with Gasteiger partial charge in [0.05, 0.1) is 46.7 Å². The van der Waals surface area contributed by atoms with Crippen molar-refractivity contribution in [1.29, 1.82) is 0 Å². The number of nitrogens with one attached hydrogen (secondary N) is 2. The number of hydrogen-bond acceptors (Lipinski definition) is 5. The fourth-order valence-electron chi connectivity index (χ4n) is 4.05. The highest BCUT2D eigenvalue weighted by Gasteiger charge is 2.43. The lowest BCUT2D eigenvalue weighted by molar-refractivity contribution is -0.129. The minimum absolute atomic E-state index is 0.125. The second-order valence-electron chi connectivity index (χ2n) is 8.54. The first kappa shape index (κ1) is 22.2. The van der Waals surface area contributed by atoms with E-state index < -0.39 is 29.7 Å². The van der Waals surface area contributed by atoms with Crippen LogP contribution in [0.15, 0.2) is 24.8 Å². The Kier molecular flexibility index (Phi) is 5.23. The summed E-state index contributed by atoms with van der Waals surface area (Å²) in [6, 6.07) is 0. The van der Waals surface area contributed by atoms with Gasteiger partial charge in [-0.1, -0.05) is 11.6 Å². The zero-order chi connectivity index (χ0) is 24.3. The number of amides is 2. The van der Waals surface area contributed by atoms with Crippen LogP contribution in [0.1, 0.15) is 24.8 Å². The SMILES string of the molecule is CC(C(=O)N(C)C)c1c(F)c(Cl)c(-c2cn3cc(NC(=O)C4CC4F)nc3cn2)c2cn[nH]c12. The summed E-state index contributed by atoms with van der Waals surface area (Å²) >= 11 is 6.48. The molecule has 1 fully saturated rings. The van der Waals surface area contributed by atoms with E-state index in [0.717, 1.165) is 0 Å². The van der Waals surface area contributed by atoms with Crippen molar-refractivity contribution in [3.63, 3.8) is 0 Å². The Morgan fingerprint density at radius 3 is 2.74 bits per heavy atom. The zero-order valence-electron chi connectivity index (χ0n) is 18.4. The molecule has 1 aromatic carbocycles. The Labute approximate surface area is 197 Å². The van der Waals surface area contributed by atoms with Crippen LogP contribution in [-0.4, -0.2) is 61.5 Å². The molecule has 9 nitrogen and oxygen atoms in total. The fraction of sp³-hybridized carbons (Fsp3) is 0.318. The molecule has 0 spiro atoms. The summed E-state index contributed by atoms with van der Waals surface area (Å²) in [5.41, 5.74) is 1.54. The molecule has 0 aliphatic heterocycles. The van der Waals surface area contributed by atoms with E-state index in [1.807, 2.05) is 0 Å². The van der Waals surface area contributed by atoms with Gasteiger partial charge in [-0.3, -0.25) is 19.7 Å². The van der Waals surface area contributed by atoms with E-state index in [0.29, 0.717) is 27.8 Å². The highest BCUT2D eigenvalue weighted by Crippen LogP contribution is 2.41. The predicted octanol–water partition coefficient (Wildman–Crippen LogP) is 3.55. The van der Waals surface area contributed by atoms with Crippen molar-refractivity contribution in [1.82, 2.24) is 29.5 Å². The van der Waals surface area contributed by atoms with Crippen molar-refractivity contribution < 1.29 is 18.4 Å². The third-order valence-corrected chi connectivity index (χ3v) is 6.32. The first-order chi connectivity index (χ1) is 16.2. The standard InChI is InChI=1S/C22H20ClF2N7O2/c1-9(22(34)31(2)3)16-19(25)18(23)17(11-5-27-30-20(11)16)13-7-32-8-14(28-15(32)6-26-13)29-21(33)10-4-12(10)24/h5-10,12H,4H2,1-3H3,(H,27,30)(H,29,33). The molecule has 0 bridgehead atoms. The Balaban J connectivity index is 1.58. The molecule has 34 heavy (non-hydrogen) atoms. The second-order valence-corrected chi connectivity index (χ2v) is 8.92. The lowest BCUT2D eigenvalue weighted by Crippen LogP contribution is -2.27. The Morgan fingerprint density at radius 1 is 1.32 bits per heavy atom. The highest BCUT2D eigenvalue weighted by molar-refractivity contribution is 6.35. The average molecular weight is 488 g/mol. The van der Waals surface area contributed by atoms with Crippen LogP contribution in [0.4, 0.5) is 14.6 Å². The summed E-state index contributed by atoms with van der Waals surface area (Å²) < 4.78 is 30.3. The van der Waals surface area contributed by atoms with E-state index >= 15 is 4.39 Å². The number of alkyl halides is 1. The number of carbonyl (C=O) groups excluding carboxylic acids is 2. The highest BCUT2D eigenvalue weighted by atomic mass is 35.5. The van der Waals surface area contributed by atoms with E-state index in [1.165, 1.54) is 17.3 Å². The van der Waals surface area contributed by atoms with Crippen LogP contribution in [0.3, 0.4) is 0 Å². The van der Waals surface area contributed by atoms with E-state index in [4.69, 9.17) is 11.6 Å². The third kappa shape index (κ3) is 3.56.